The summed E-state index contributed by atoms with van der Waals surface area (Å²) < 4.78 is 1.93. The van der Waals surface area contributed by atoms with Gasteiger partial charge in [-0.3, -0.25) is 9.69 Å². The molecule has 0 aliphatic carbocycles. The predicted octanol–water partition coefficient (Wildman–Crippen LogP) is 5.12. The summed E-state index contributed by atoms with van der Waals surface area (Å²) in [6, 6.07) is 21.8. The Morgan fingerprint density at radius 3 is 2.37 bits per heavy atom. The van der Waals surface area contributed by atoms with Gasteiger partial charge in [-0.25, -0.2) is 4.68 Å². The van der Waals surface area contributed by atoms with E-state index in [0.717, 1.165) is 42.0 Å². The van der Waals surface area contributed by atoms with E-state index in [1.807, 2.05) is 35.9 Å². The van der Waals surface area contributed by atoms with Gasteiger partial charge in [-0.15, -0.1) is 0 Å². The zero-order valence-electron chi connectivity index (χ0n) is 17.8. The van der Waals surface area contributed by atoms with Crippen molar-refractivity contribution in [1.82, 2.24) is 14.7 Å². The van der Waals surface area contributed by atoms with Gasteiger partial charge in [0.2, 0.25) is 0 Å². The summed E-state index contributed by atoms with van der Waals surface area (Å²) in [6.45, 7) is 5.05. The van der Waals surface area contributed by atoms with Gasteiger partial charge in [0.15, 0.2) is 5.78 Å². The van der Waals surface area contributed by atoms with Gasteiger partial charge in [0, 0.05) is 35.8 Å². The standard InChI is InChI=1S/C26H29N3O/c1-18-13-19(2)29(27-18)25-10-6-9-21(14-25)26(30)22-15-23-11-12-24(16-22)28(23)17-20-7-4-3-5-8-20/h3-10,13-14,22-24H,11-12,15-17H2,1-2H3. The van der Waals surface area contributed by atoms with E-state index < -0.39 is 0 Å². The molecule has 3 heterocycles. The highest BCUT2D eigenvalue weighted by atomic mass is 16.1. The Labute approximate surface area is 178 Å². The molecular formula is C26H29N3O. The number of Topliss-reactive ketones (excluding diaryl/α,β-unsaturated/α-hetero) is 1. The number of benzene rings is 2. The molecule has 2 fully saturated rings. The second kappa shape index (κ2) is 7.84. The molecule has 2 bridgehead atoms. The summed E-state index contributed by atoms with van der Waals surface area (Å²) in [6.07, 6.45) is 4.39. The van der Waals surface area contributed by atoms with Crippen LogP contribution >= 0.6 is 0 Å². The third kappa shape index (κ3) is 3.61. The summed E-state index contributed by atoms with van der Waals surface area (Å²) in [7, 11) is 0. The Morgan fingerprint density at radius 1 is 0.967 bits per heavy atom. The van der Waals surface area contributed by atoms with Crippen molar-refractivity contribution in [3.8, 4) is 5.69 Å². The fraction of sp³-hybridized carbons (Fsp3) is 0.385. The molecule has 3 aromatic rings. The monoisotopic (exact) mass is 399 g/mol. The van der Waals surface area contributed by atoms with Crippen LogP contribution in [0, 0.1) is 19.8 Å². The van der Waals surface area contributed by atoms with Gasteiger partial charge in [0.05, 0.1) is 11.4 Å². The van der Waals surface area contributed by atoms with Crippen molar-refractivity contribution in [1.29, 1.82) is 0 Å². The smallest absolute Gasteiger partial charge is 0.166 e. The highest BCUT2D eigenvalue weighted by Gasteiger charge is 2.42. The Bertz CT molecular complexity index is 1040. The Kier molecular flexibility index (Phi) is 5.03. The Morgan fingerprint density at radius 2 is 1.70 bits per heavy atom. The molecule has 2 saturated heterocycles. The van der Waals surface area contributed by atoms with Crippen LogP contribution in [0.4, 0.5) is 0 Å². The third-order valence-corrected chi connectivity index (χ3v) is 6.85. The molecule has 1 aromatic heterocycles. The number of hydrogen-bond acceptors (Lipinski definition) is 3. The molecule has 2 aliphatic heterocycles. The number of hydrogen-bond donors (Lipinski definition) is 0. The lowest BCUT2D eigenvalue weighted by Crippen LogP contribution is -2.44. The maximum Gasteiger partial charge on any atom is 0.166 e. The quantitative estimate of drug-likeness (QED) is 0.559. The third-order valence-electron chi connectivity index (χ3n) is 6.85. The Hall–Kier alpha value is -2.72. The van der Waals surface area contributed by atoms with Crippen LogP contribution in [-0.2, 0) is 6.54 Å². The van der Waals surface area contributed by atoms with Gasteiger partial charge < -0.3 is 0 Å². The van der Waals surface area contributed by atoms with Crippen LogP contribution in [-0.4, -0.2) is 32.5 Å². The van der Waals surface area contributed by atoms with Crippen molar-refractivity contribution in [3.05, 3.63) is 83.2 Å². The Balaban J connectivity index is 1.32. The van der Waals surface area contributed by atoms with Crippen LogP contribution in [0.15, 0.2) is 60.7 Å². The molecule has 30 heavy (non-hydrogen) atoms. The lowest BCUT2D eigenvalue weighted by molar-refractivity contribution is 0.0678. The van der Waals surface area contributed by atoms with Crippen molar-refractivity contribution in [2.24, 2.45) is 5.92 Å². The summed E-state index contributed by atoms with van der Waals surface area (Å²) in [5.41, 5.74) is 5.24. The van der Waals surface area contributed by atoms with Gasteiger partial charge in [-0.2, -0.15) is 5.10 Å². The summed E-state index contributed by atoms with van der Waals surface area (Å²) in [5, 5.41) is 4.58. The molecule has 0 spiro atoms. The second-order valence-corrected chi connectivity index (χ2v) is 8.96. The van der Waals surface area contributed by atoms with E-state index in [9.17, 15) is 4.79 Å². The molecule has 2 aromatic carbocycles. The molecule has 4 heteroatoms. The molecular weight excluding hydrogens is 370 g/mol. The van der Waals surface area contributed by atoms with Crippen molar-refractivity contribution in [2.45, 2.75) is 58.2 Å². The lowest BCUT2D eigenvalue weighted by Gasteiger charge is -2.38. The number of carbonyl (C=O) groups excluding carboxylic acids is 1. The number of piperidine rings is 1. The molecule has 2 aliphatic rings. The number of nitrogens with zero attached hydrogens (tertiary/aromatic N) is 3. The predicted molar refractivity (Wildman–Crippen MR) is 119 cm³/mol. The second-order valence-electron chi connectivity index (χ2n) is 8.96. The number of rotatable bonds is 5. The molecule has 2 atom stereocenters. The van der Waals surface area contributed by atoms with E-state index in [-0.39, 0.29) is 5.92 Å². The summed E-state index contributed by atoms with van der Waals surface area (Å²) in [5.74, 6) is 0.430. The van der Waals surface area contributed by atoms with E-state index in [1.165, 1.54) is 18.4 Å². The van der Waals surface area contributed by atoms with E-state index >= 15 is 0 Å². The van der Waals surface area contributed by atoms with Gasteiger partial charge in [-0.05, 0) is 63.3 Å². The van der Waals surface area contributed by atoms with Gasteiger partial charge in [-0.1, -0.05) is 42.5 Å². The van der Waals surface area contributed by atoms with Crippen molar-refractivity contribution >= 4 is 5.78 Å². The molecule has 0 saturated carbocycles. The van der Waals surface area contributed by atoms with Crippen LogP contribution < -0.4 is 0 Å². The fourth-order valence-corrected chi connectivity index (χ4v) is 5.46. The highest BCUT2D eigenvalue weighted by Crippen LogP contribution is 2.40. The number of fused-ring (bicyclic) bond motifs is 2. The van der Waals surface area contributed by atoms with Gasteiger partial charge >= 0.3 is 0 Å². The van der Waals surface area contributed by atoms with Crippen LogP contribution in [0.1, 0.15) is 53.0 Å². The molecule has 154 valence electrons. The number of aromatic nitrogens is 2. The number of carbonyl (C=O) groups is 1. The van der Waals surface area contributed by atoms with Crippen molar-refractivity contribution in [3.63, 3.8) is 0 Å². The molecule has 4 nitrogen and oxygen atoms in total. The first-order valence-corrected chi connectivity index (χ1v) is 11.1. The van der Waals surface area contributed by atoms with E-state index in [4.69, 9.17) is 0 Å². The zero-order valence-corrected chi connectivity index (χ0v) is 17.8. The molecule has 5 rings (SSSR count). The van der Waals surface area contributed by atoms with Crippen molar-refractivity contribution in [2.75, 3.05) is 0 Å². The average molecular weight is 400 g/mol. The minimum atomic E-state index is 0.130. The number of ketones is 1. The van der Waals surface area contributed by atoms with Gasteiger partial charge in [0.25, 0.3) is 0 Å². The highest BCUT2D eigenvalue weighted by molar-refractivity contribution is 5.98. The SMILES string of the molecule is Cc1cc(C)n(-c2cccc(C(=O)C3CC4CCC(C3)N4Cc3ccccc3)c2)n1. The largest absolute Gasteiger partial charge is 0.294 e. The molecule has 0 radical (unpaired) electrons. The number of aryl methyl sites for hydroxylation is 2. The molecule has 0 N–H and O–H groups in total. The van der Waals surface area contributed by atoms with E-state index in [1.54, 1.807) is 0 Å². The first kappa shape index (κ1) is 19.3. The lowest BCUT2D eigenvalue weighted by atomic mass is 9.84. The molecule has 0 amide bonds. The van der Waals surface area contributed by atoms with Crippen LogP contribution in [0.25, 0.3) is 5.69 Å². The van der Waals surface area contributed by atoms with Crippen LogP contribution in [0.2, 0.25) is 0 Å². The first-order chi connectivity index (χ1) is 14.6. The summed E-state index contributed by atoms with van der Waals surface area (Å²) in [4.78, 5) is 16.1. The fourth-order valence-electron chi connectivity index (χ4n) is 5.46. The van der Waals surface area contributed by atoms with Crippen molar-refractivity contribution < 1.29 is 4.79 Å². The first-order valence-electron chi connectivity index (χ1n) is 11.1. The van der Waals surface area contributed by atoms with Crippen LogP contribution in [0.3, 0.4) is 0 Å². The average Bonchev–Trinajstić information content (AvgIpc) is 3.20. The summed E-state index contributed by atoms with van der Waals surface area (Å²) >= 11 is 0. The van der Waals surface area contributed by atoms with E-state index in [2.05, 4.69) is 53.3 Å². The minimum absolute atomic E-state index is 0.130. The zero-order chi connectivity index (χ0) is 20.7. The maximum atomic E-state index is 13.4. The minimum Gasteiger partial charge on any atom is -0.294 e. The normalized spacial score (nSPS) is 23.6. The topological polar surface area (TPSA) is 38.1 Å². The maximum absolute atomic E-state index is 13.4. The van der Waals surface area contributed by atoms with Crippen LogP contribution in [0.5, 0.6) is 0 Å². The van der Waals surface area contributed by atoms with E-state index in [0.29, 0.717) is 17.9 Å². The molecule has 2 unspecified atom stereocenters. The van der Waals surface area contributed by atoms with Gasteiger partial charge in [0.1, 0.15) is 0 Å².